The molecule has 0 aliphatic carbocycles. The van der Waals surface area contributed by atoms with Crippen LogP contribution in [-0.2, 0) is 33.3 Å². The van der Waals surface area contributed by atoms with Crippen molar-refractivity contribution in [2.45, 2.75) is 0 Å². The monoisotopic (exact) mass is 265 g/mol. The van der Waals surface area contributed by atoms with E-state index >= 15 is 0 Å². The molecule has 0 N–H and O–H groups in total. The van der Waals surface area contributed by atoms with Crippen LogP contribution in [0.1, 0.15) is 0 Å². The third-order valence-corrected chi connectivity index (χ3v) is 0. The summed E-state index contributed by atoms with van der Waals surface area (Å²) in [4.78, 5) is 0. The Hall–Kier alpha value is 3.17. The predicted octanol–water partition coefficient (Wildman–Crippen LogP) is -1.57. The topological polar surface area (TPSA) is 0 Å². The van der Waals surface area contributed by atoms with E-state index < -0.39 is 0 Å². The minimum atomic E-state index is 0. The second-order valence-corrected chi connectivity index (χ2v) is 0. The first-order valence-electron chi connectivity index (χ1n) is 0. The van der Waals surface area contributed by atoms with Gasteiger partial charge in [0.25, 0.3) is 0 Å². The Balaban J connectivity index is 0. The first-order chi connectivity index (χ1) is 0. The van der Waals surface area contributed by atoms with E-state index in [2.05, 4.69) is 0 Å². The summed E-state index contributed by atoms with van der Waals surface area (Å²) in [6, 6.07) is 0. The molecule has 0 aliphatic rings. The van der Waals surface area contributed by atoms with Crippen molar-refractivity contribution < 1.29 is 33.3 Å². The minimum Gasteiger partial charge on any atom is 0 e. The van der Waals surface area contributed by atoms with Gasteiger partial charge in [-0.3, -0.25) is 0 Å². The molecule has 4 heteroatoms. The Labute approximate surface area is 98.6 Å². The first-order valence-corrected chi connectivity index (χ1v) is 0. The quantitative estimate of drug-likeness (QED) is 0.464. The molecule has 0 saturated heterocycles. The normalized spacial score (nSPS) is 0. The van der Waals surface area contributed by atoms with Crippen LogP contribution in [0.3, 0.4) is 0 Å². The van der Waals surface area contributed by atoms with Crippen molar-refractivity contribution in [3.8, 4) is 0 Å². The van der Waals surface area contributed by atoms with Crippen molar-refractivity contribution in [2.24, 2.45) is 0 Å². The second-order valence-electron chi connectivity index (χ2n) is 0. The molecule has 25 valence electrons. The molecule has 0 amide bonds. The molecule has 0 aromatic rings. The molecule has 0 spiro atoms. The fraction of sp³-hybridized carbons (Fsp3) is 0. The van der Waals surface area contributed by atoms with Gasteiger partial charge >= 0.3 is 67.7 Å². The summed E-state index contributed by atoms with van der Waals surface area (Å²) in [7, 11) is 0. The van der Waals surface area contributed by atoms with E-state index in [4.69, 9.17) is 0 Å². The van der Waals surface area contributed by atoms with Gasteiger partial charge in [0.05, 0.1) is 0 Å². The third kappa shape index (κ3) is 8.95. The summed E-state index contributed by atoms with van der Waals surface area (Å²) in [6.07, 6.45) is 0. The number of hydrogen-bond acceptors (Lipinski definition) is 0. The van der Waals surface area contributed by atoms with E-state index in [1.165, 1.54) is 0 Å². The SMILES string of the molecule is [BaH2].[Co].[LiH].[Ni]. The van der Waals surface area contributed by atoms with Crippen molar-refractivity contribution in [1.29, 1.82) is 0 Å². The maximum atomic E-state index is 0. The maximum Gasteiger partial charge on any atom is 0 e. The third-order valence-electron chi connectivity index (χ3n) is 0. The fourth-order valence-corrected chi connectivity index (χ4v) is 0. The van der Waals surface area contributed by atoms with Crippen LogP contribution in [-0.4, -0.2) is 67.7 Å². The van der Waals surface area contributed by atoms with Gasteiger partial charge in [-0.1, -0.05) is 0 Å². The first kappa shape index (κ1) is 27.2. The average Bonchev–Trinajstić information content (AvgIpc) is 0. The Morgan fingerprint density at radius 3 is 1.00 bits per heavy atom. The van der Waals surface area contributed by atoms with Gasteiger partial charge in [0.15, 0.2) is 0 Å². The van der Waals surface area contributed by atoms with E-state index in [9.17, 15) is 0 Å². The van der Waals surface area contributed by atoms with E-state index in [-0.39, 0.29) is 101 Å². The Bertz CT molecular complexity index is 8.00. The van der Waals surface area contributed by atoms with Gasteiger partial charge in [0.2, 0.25) is 0 Å². The van der Waals surface area contributed by atoms with Gasteiger partial charge in [0.1, 0.15) is 0 Å². The molecule has 0 bridgehead atoms. The minimum absolute atomic E-state index is 0. The van der Waals surface area contributed by atoms with Gasteiger partial charge in [-0.15, -0.1) is 0 Å². The van der Waals surface area contributed by atoms with Gasteiger partial charge < -0.3 is 0 Å². The van der Waals surface area contributed by atoms with Crippen molar-refractivity contribution in [2.75, 3.05) is 0 Å². The summed E-state index contributed by atoms with van der Waals surface area (Å²) in [5.41, 5.74) is 0. The zero-order chi connectivity index (χ0) is 0. The fourth-order valence-electron chi connectivity index (χ4n) is 0. The van der Waals surface area contributed by atoms with E-state index in [1.54, 1.807) is 0 Å². The summed E-state index contributed by atoms with van der Waals surface area (Å²) in [6.45, 7) is 0. The van der Waals surface area contributed by atoms with Crippen LogP contribution in [0, 0.1) is 0 Å². The summed E-state index contributed by atoms with van der Waals surface area (Å²) in [5, 5.41) is 0. The molecule has 0 atom stereocenters. The Kier molecular flexibility index (Phi) is 111. The molecule has 0 saturated carbocycles. The zero-order valence-electron chi connectivity index (χ0n) is 0.650. The van der Waals surface area contributed by atoms with Crippen LogP contribution in [0.4, 0.5) is 0 Å². The average molecular weight is 265 g/mol. The number of hydrogen-bond donors (Lipinski definition) is 0. The van der Waals surface area contributed by atoms with Gasteiger partial charge in [-0.2, -0.15) is 0 Å². The van der Waals surface area contributed by atoms with Crippen LogP contribution >= 0.6 is 0 Å². The van der Waals surface area contributed by atoms with Gasteiger partial charge in [-0.25, -0.2) is 0 Å². The van der Waals surface area contributed by atoms with Crippen LogP contribution in [0.15, 0.2) is 0 Å². The smallest absolute Gasteiger partial charge is 0 e. The Morgan fingerprint density at radius 2 is 1.00 bits per heavy atom. The van der Waals surface area contributed by atoms with Crippen LogP contribution in [0.25, 0.3) is 0 Å². The molecule has 0 aliphatic heterocycles. The molecule has 0 aromatic carbocycles. The largest absolute Gasteiger partial charge is 0 e. The summed E-state index contributed by atoms with van der Waals surface area (Å²) < 4.78 is 0. The second kappa shape index (κ2) is 16.4. The van der Waals surface area contributed by atoms with E-state index in [0.29, 0.717) is 0 Å². The van der Waals surface area contributed by atoms with Crippen LogP contribution < -0.4 is 0 Å². The zero-order valence-corrected chi connectivity index (χ0v) is 2.68. The molecule has 0 fully saturated rings. The van der Waals surface area contributed by atoms with Crippen molar-refractivity contribution in [3.63, 3.8) is 0 Å². The van der Waals surface area contributed by atoms with E-state index in [1.807, 2.05) is 0 Å². The molecule has 0 aromatic heterocycles. The van der Waals surface area contributed by atoms with Gasteiger partial charge in [-0.05, 0) is 0 Å². The standard InChI is InChI=1S/Ba.Co.Li.Ni.3H. The molecular weight excluding hydrogens is 262 g/mol. The molecular formula is H3BaCoLiNi. The summed E-state index contributed by atoms with van der Waals surface area (Å²) >= 11 is 0. The molecule has 0 nitrogen and oxygen atoms in total. The Morgan fingerprint density at radius 1 is 1.00 bits per heavy atom. The van der Waals surface area contributed by atoms with Crippen molar-refractivity contribution in [3.05, 3.63) is 0 Å². The van der Waals surface area contributed by atoms with Crippen LogP contribution in [0.2, 0.25) is 0 Å². The van der Waals surface area contributed by atoms with Crippen molar-refractivity contribution in [1.82, 2.24) is 0 Å². The molecule has 1 radical (unpaired) electrons. The van der Waals surface area contributed by atoms with Crippen molar-refractivity contribution >= 4 is 67.7 Å². The van der Waals surface area contributed by atoms with Crippen LogP contribution in [0.5, 0.6) is 0 Å². The molecule has 0 heterocycles. The number of rotatable bonds is 0. The molecule has 0 unspecified atom stereocenters. The predicted molar refractivity (Wildman–Crippen MR) is 15.7 cm³/mol. The maximum absolute atomic E-state index is 0. The van der Waals surface area contributed by atoms with E-state index in [0.717, 1.165) is 0 Å². The molecule has 0 rings (SSSR count). The molecule has 4 heavy (non-hydrogen) atoms. The summed E-state index contributed by atoms with van der Waals surface area (Å²) in [5.74, 6) is 0. The van der Waals surface area contributed by atoms with Gasteiger partial charge in [0, 0.05) is 33.3 Å².